The Kier molecular flexibility index (Phi) is 5.94. The number of carboxylic acid groups (broad SMARTS) is 1. The highest BCUT2D eigenvalue weighted by atomic mass is 16.4. The molecule has 21 heavy (non-hydrogen) atoms. The van der Waals surface area contributed by atoms with Gasteiger partial charge in [0.1, 0.15) is 0 Å². The largest absolute Gasteiger partial charge is 0.481 e. The monoisotopic (exact) mass is 291 g/mol. The molecule has 2 N–H and O–H groups in total. The number of hydrogen-bond donors (Lipinski definition) is 2. The van der Waals surface area contributed by atoms with Crippen LogP contribution in [-0.4, -0.2) is 23.0 Å². The van der Waals surface area contributed by atoms with Gasteiger partial charge < -0.3 is 10.4 Å². The van der Waals surface area contributed by atoms with E-state index in [9.17, 15) is 14.7 Å². The van der Waals surface area contributed by atoms with E-state index in [-0.39, 0.29) is 18.4 Å². The minimum absolute atomic E-state index is 0.0600. The second-order valence-corrected chi connectivity index (χ2v) is 6.01. The van der Waals surface area contributed by atoms with Crippen LogP contribution in [0, 0.1) is 5.92 Å². The fraction of sp³-hybridized carbons (Fsp3) is 0.529. The van der Waals surface area contributed by atoms with Crippen molar-refractivity contribution in [2.24, 2.45) is 5.92 Å². The summed E-state index contributed by atoms with van der Waals surface area (Å²) >= 11 is 0. The van der Waals surface area contributed by atoms with Crippen molar-refractivity contribution >= 4 is 11.9 Å². The van der Waals surface area contributed by atoms with Gasteiger partial charge in [0.2, 0.25) is 5.91 Å². The first kappa shape index (κ1) is 17.2. The number of hydrogen-bond acceptors (Lipinski definition) is 2. The summed E-state index contributed by atoms with van der Waals surface area (Å²) in [5.41, 5.74) is -0.564. The number of rotatable bonds is 7. The zero-order chi connectivity index (χ0) is 16.0. The predicted octanol–water partition coefficient (Wildman–Crippen LogP) is 2.97. The Labute approximate surface area is 126 Å². The molecule has 0 saturated carbocycles. The second kappa shape index (κ2) is 7.25. The van der Waals surface area contributed by atoms with Crippen molar-refractivity contribution in [3.63, 3.8) is 0 Å². The molecule has 4 heteroatoms. The molecule has 1 aromatic carbocycles. The van der Waals surface area contributed by atoms with Crippen LogP contribution >= 0.6 is 0 Å². The zero-order valence-corrected chi connectivity index (χ0v) is 13.2. The summed E-state index contributed by atoms with van der Waals surface area (Å²) < 4.78 is 0. The Morgan fingerprint density at radius 1 is 1.24 bits per heavy atom. The molecule has 0 aliphatic heterocycles. The fourth-order valence-corrected chi connectivity index (χ4v) is 2.43. The summed E-state index contributed by atoms with van der Waals surface area (Å²) in [6.45, 7) is 7.70. The first-order chi connectivity index (χ1) is 9.81. The summed E-state index contributed by atoms with van der Waals surface area (Å²) in [6, 6.07) is 8.99. The molecule has 0 saturated heterocycles. The lowest BCUT2D eigenvalue weighted by Crippen LogP contribution is -2.43. The second-order valence-electron chi connectivity index (χ2n) is 6.01. The van der Waals surface area contributed by atoms with Crippen LogP contribution in [0.25, 0.3) is 0 Å². The van der Waals surface area contributed by atoms with E-state index in [0.717, 1.165) is 6.42 Å². The van der Waals surface area contributed by atoms with Gasteiger partial charge in [-0.2, -0.15) is 0 Å². The highest BCUT2D eigenvalue weighted by Gasteiger charge is 2.37. The van der Waals surface area contributed by atoms with Crippen LogP contribution < -0.4 is 5.32 Å². The van der Waals surface area contributed by atoms with Gasteiger partial charge >= 0.3 is 5.97 Å². The summed E-state index contributed by atoms with van der Waals surface area (Å²) in [4.78, 5) is 23.9. The van der Waals surface area contributed by atoms with Crippen LogP contribution in [0.2, 0.25) is 0 Å². The van der Waals surface area contributed by atoms with Gasteiger partial charge in [0, 0.05) is 12.5 Å². The van der Waals surface area contributed by atoms with Gasteiger partial charge in [-0.05, 0) is 24.8 Å². The van der Waals surface area contributed by atoms with E-state index in [1.807, 2.05) is 26.8 Å². The van der Waals surface area contributed by atoms with Gasteiger partial charge in [-0.15, -0.1) is 0 Å². The molecule has 2 atom stereocenters. The van der Waals surface area contributed by atoms with E-state index in [1.165, 1.54) is 0 Å². The number of benzene rings is 1. The quantitative estimate of drug-likeness (QED) is 0.811. The smallest absolute Gasteiger partial charge is 0.314 e. The van der Waals surface area contributed by atoms with Crippen molar-refractivity contribution in [2.45, 2.75) is 52.0 Å². The Morgan fingerprint density at radius 2 is 1.81 bits per heavy atom. The number of carboxylic acids is 1. The third kappa shape index (κ3) is 4.31. The van der Waals surface area contributed by atoms with Crippen molar-refractivity contribution in [3.05, 3.63) is 35.9 Å². The molecule has 116 valence electrons. The lowest BCUT2D eigenvalue weighted by Gasteiger charge is -2.27. The number of carbonyl (C=O) groups excluding carboxylic acids is 1. The van der Waals surface area contributed by atoms with Gasteiger partial charge in [0.05, 0.1) is 5.41 Å². The van der Waals surface area contributed by atoms with Gasteiger partial charge in [-0.25, -0.2) is 0 Å². The zero-order valence-electron chi connectivity index (χ0n) is 13.2. The third-order valence-corrected chi connectivity index (χ3v) is 3.99. The van der Waals surface area contributed by atoms with Crippen LogP contribution in [-0.2, 0) is 15.0 Å². The predicted molar refractivity (Wildman–Crippen MR) is 83.1 cm³/mol. The van der Waals surface area contributed by atoms with Crippen molar-refractivity contribution in [2.75, 3.05) is 0 Å². The van der Waals surface area contributed by atoms with Gasteiger partial charge in [-0.1, -0.05) is 51.1 Å². The maximum absolute atomic E-state index is 12.2. The molecule has 1 amide bonds. The Hall–Kier alpha value is -1.84. The molecule has 0 aliphatic carbocycles. The molecular weight excluding hydrogens is 266 g/mol. The van der Waals surface area contributed by atoms with Crippen molar-refractivity contribution in [3.8, 4) is 0 Å². The highest BCUT2D eigenvalue weighted by Crippen LogP contribution is 2.28. The molecule has 0 aliphatic rings. The molecule has 0 spiro atoms. The van der Waals surface area contributed by atoms with E-state index < -0.39 is 11.4 Å². The van der Waals surface area contributed by atoms with Crippen LogP contribution in [0.3, 0.4) is 0 Å². The van der Waals surface area contributed by atoms with E-state index in [1.54, 1.807) is 31.2 Å². The summed E-state index contributed by atoms with van der Waals surface area (Å²) in [5.74, 6) is -0.877. The Bertz CT molecular complexity index is 484. The average molecular weight is 291 g/mol. The van der Waals surface area contributed by atoms with E-state index in [2.05, 4.69) is 5.32 Å². The fourth-order valence-electron chi connectivity index (χ4n) is 2.43. The first-order valence-corrected chi connectivity index (χ1v) is 7.39. The minimum atomic E-state index is -1.21. The van der Waals surface area contributed by atoms with Crippen molar-refractivity contribution in [1.29, 1.82) is 0 Å². The molecule has 1 aromatic rings. The lowest BCUT2D eigenvalue weighted by molar-refractivity contribution is -0.145. The van der Waals surface area contributed by atoms with Crippen molar-refractivity contribution in [1.82, 2.24) is 5.32 Å². The number of carbonyl (C=O) groups is 2. The topological polar surface area (TPSA) is 66.4 Å². The molecule has 0 radical (unpaired) electrons. The molecule has 0 aromatic heterocycles. The first-order valence-electron chi connectivity index (χ1n) is 7.39. The third-order valence-electron chi connectivity index (χ3n) is 3.99. The number of aliphatic carboxylic acids is 1. The molecule has 2 unspecified atom stereocenters. The summed E-state index contributed by atoms with van der Waals surface area (Å²) in [7, 11) is 0. The van der Waals surface area contributed by atoms with Crippen molar-refractivity contribution < 1.29 is 14.7 Å². The molecule has 4 nitrogen and oxygen atoms in total. The van der Waals surface area contributed by atoms with Crippen LogP contribution in [0.15, 0.2) is 30.3 Å². The number of nitrogens with one attached hydrogen (secondary N) is 1. The van der Waals surface area contributed by atoms with Crippen LogP contribution in [0.4, 0.5) is 0 Å². The Morgan fingerprint density at radius 3 is 2.24 bits per heavy atom. The molecule has 0 bridgehead atoms. The maximum Gasteiger partial charge on any atom is 0.314 e. The average Bonchev–Trinajstić information content (AvgIpc) is 2.45. The molecule has 0 heterocycles. The lowest BCUT2D eigenvalue weighted by atomic mass is 9.79. The van der Waals surface area contributed by atoms with E-state index >= 15 is 0 Å². The van der Waals surface area contributed by atoms with Crippen LogP contribution in [0.1, 0.15) is 46.1 Å². The maximum atomic E-state index is 12.2. The minimum Gasteiger partial charge on any atom is -0.481 e. The normalized spacial score (nSPS) is 15.3. The summed E-state index contributed by atoms with van der Waals surface area (Å²) in [6.07, 6.45) is 0.772. The van der Waals surface area contributed by atoms with E-state index in [4.69, 9.17) is 0 Å². The molecule has 1 rings (SSSR count). The van der Waals surface area contributed by atoms with Crippen LogP contribution in [0.5, 0.6) is 0 Å². The molecular formula is C17H25NO3. The van der Waals surface area contributed by atoms with Gasteiger partial charge in [0.15, 0.2) is 0 Å². The SMILES string of the molecule is CCC(NC(=O)CC(C)(C(=O)O)c1ccccc1)C(C)C. The Balaban J connectivity index is 2.89. The summed E-state index contributed by atoms with van der Waals surface area (Å²) in [5, 5.41) is 12.5. The van der Waals surface area contributed by atoms with Gasteiger partial charge in [-0.3, -0.25) is 9.59 Å². The standard InChI is InChI=1S/C17H25NO3/c1-5-14(12(2)3)18-15(19)11-17(4,16(20)21)13-9-7-6-8-10-13/h6-10,12,14H,5,11H2,1-4H3,(H,18,19)(H,20,21). The van der Waals surface area contributed by atoms with Gasteiger partial charge in [0.25, 0.3) is 0 Å². The molecule has 0 fully saturated rings. The highest BCUT2D eigenvalue weighted by molar-refractivity contribution is 5.89. The van der Waals surface area contributed by atoms with E-state index in [0.29, 0.717) is 11.5 Å². The number of amides is 1.